The summed E-state index contributed by atoms with van der Waals surface area (Å²) in [5.74, 6) is 1.35. The molecule has 0 unspecified atom stereocenters. The summed E-state index contributed by atoms with van der Waals surface area (Å²) in [5.41, 5.74) is 1.84. The molecule has 3 fully saturated rings. The van der Waals surface area contributed by atoms with Crippen LogP contribution in [0.4, 0.5) is 0 Å². The third-order valence-corrected chi connectivity index (χ3v) is 9.39. The number of carbonyl (C=O) groups excluding carboxylic acids is 3. The topological polar surface area (TPSA) is 60.4 Å². The van der Waals surface area contributed by atoms with Crippen molar-refractivity contribution < 1.29 is 19.1 Å². The number of carbonyl (C=O) groups is 3. The standard InChI is InChI=1S/C28H34O4/c1-27-13-12-20(29)14-19(27)8-9-21-22-10-11-23(28(22,2)15-24(30)26(21)27)25(31)17-32-16-18-6-4-3-5-7-18/h3-7,14,21-23,26H,8-13,15-17H2,1-2H3/t21-,22-,23+,26+,27-,28-/m0/s1. The quantitative estimate of drug-likeness (QED) is 0.647. The lowest BCUT2D eigenvalue weighted by atomic mass is 9.46. The maximum absolute atomic E-state index is 13.6. The fraction of sp³-hybridized carbons (Fsp3) is 0.607. The number of ketones is 3. The number of allylic oxidation sites excluding steroid dienone is 1. The van der Waals surface area contributed by atoms with Crippen molar-refractivity contribution in [2.75, 3.05) is 6.61 Å². The van der Waals surface area contributed by atoms with E-state index in [0.717, 1.165) is 37.7 Å². The molecule has 4 aliphatic rings. The summed E-state index contributed by atoms with van der Waals surface area (Å²) in [4.78, 5) is 38.9. The van der Waals surface area contributed by atoms with E-state index in [1.807, 2.05) is 36.4 Å². The molecule has 0 heterocycles. The normalized spacial score (nSPS) is 38.5. The average molecular weight is 435 g/mol. The highest BCUT2D eigenvalue weighted by atomic mass is 16.5. The van der Waals surface area contributed by atoms with Gasteiger partial charge in [-0.25, -0.2) is 0 Å². The third kappa shape index (κ3) is 3.42. The Morgan fingerprint density at radius 3 is 2.62 bits per heavy atom. The van der Waals surface area contributed by atoms with Gasteiger partial charge in [0.25, 0.3) is 0 Å². The molecule has 1 aromatic carbocycles. The molecule has 0 spiro atoms. The summed E-state index contributed by atoms with van der Waals surface area (Å²) in [6.07, 6.45) is 7.45. The molecule has 4 aliphatic carbocycles. The van der Waals surface area contributed by atoms with Crippen molar-refractivity contribution >= 4 is 17.3 Å². The van der Waals surface area contributed by atoms with E-state index >= 15 is 0 Å². The first-order chi connectivity index (χ1) is 15.3. The third-order valence-electron chi connectivity index (χ3n) is 9.39. The second-order valence-corrected chi connectivity index (χ2v) is 11.1. The van der Waals surface area contributed by atoms with Gasteiger partial charge in [0.15, 0.2) is 11.6 Å². The van der Waals surface area contributed by atoms with E-state index in [2.05, 4.69) is 13.8 Å². The van der Waals surface area contributed by atoms with Gasteiger partial charge in [-0.3, -0.25) is 14.4 Å². The molecule has 32 heavy (non-hydrogen) atoms. The maximum atomic E-state index is 13.6. The van der Waals surface area contributed by atoms with Crippen LogP contribution in [0.3, 0.4) is 0 Å². The lowest BCUT2D eigenvalue weighted by Crippen LogP contribution is -2.55. The molecule has 0 amide bonds. The molecule has 0 aliphatic heterocycles. The summed E-state index contributed by atoms with van der Waals surface area (Å²) in [7, 11) is 0. The predicted molar refractivity (Wildman–Crippen MR) is 122 cm³/mol. The van der Waals surface area contributed by atoms with Gasteiger partial charge >= 0.3 is 0 Å². The van der Waals surface area contributed by atoms with Crippen LogP contribution in [-0.4, -0.2) is 24.0 Å². The van der Waals surface area contributed by atoms with E-state index < -0.39 is 0 Å². The van der Waals surface area contributed by atoms with E-state index in [1.54, 1.807) is 0 Å². The fourth-order valence-corrected chi connectivity index (χ4v) is 7.86. The van der Waals surface area contributed by atoms with Gasteiger partial charge in [-0.1, -0.05) is 49.8 Å². The molecular weight excluding hydrogens is 400 g/mol. The van der Waals surface area contributed by atoms with Crippen molar-refractivity contribution in [3.8, 4) is 0 Å². The average Bonchev–Trinajstić information content (AvgIpc) is 3.11. The zero-order valence-corrected chi connectivity index (χ0v) is 19.3. The Kier molecular flexibility index (Phi) is 5.48. The van der Waals surface area contributed by atoms with Crippen LogP contribution in [0.5, 0.6) is 0 Å². The van der Waals surface area contributed by atoms with Gasteiger partial charge in [0, 0.05) is 24.7 Å². The Balaban J connectivity index is 1.32. The zero-order chi connectivity index (χ0) is 22.5. The minimum atomic E-state index is -0.256. The van der Waals surface area contributed by atoms with Crippen molar-refractivity contribution in [2.24, 2.45) is 34.5 Å². The van der Waals surface area contributed by atoms with Crippen LogP contribution in [0.15, 0.2) is 42.0 Å². The van der Waals surface area contributed by atoms with E-state index in [1.165, 1.54) is 5.57 Å². The smallest absolute Gasteiger partial charge is 0.162 e. The molecular formula is C28H34O4. The fourth-order valence-electron chi connectivity index (χ4n) is 7.86. The van der Waals surface area contributed by atoms with Gasteiger partial charge in [0.1, 0.15) is 12.4 Å². The van der Waals surface area contributed by atoms with Crippen LogP contribution < -0.4 is 0 Å². The zero-order valence-electron chi connectivity index (χ0n) is 19.3. The molecule has 0 N–H and O–H groups in total. The highest BCUT2D eigenvalue weighted by Crippen LogP contribution is 2.65. The number of ether oxygens (including phenoxy) is 1. The van der Waals surface area contributed by atoms with Crippen molar-refractivity contribution in [2.45, 2.75) is 65.4 Å². The van der Waals surface area contributed by atoms with Gasteiger partial charge in [-0.2, -0.15) is 0 Å². The first-order valence-electron chi connectivity index (χ1n) is 12.2. The van der Waals surface area contributed by atoms with Crippen LogP contribution in [0, 0.1) is 34.5 Å². The number of hydrogen-bond donors (Lipinski definition) is 0. The maximum Gasteiger partial charge on any atom is 0.162 e. The highest BCUT2D eigenvalue weighted by Gasteiger charge is 2.63. The summed E-state index contributed by atoms with van der Waals surface area (Å²) >= 11 is 0. The molecule has 170 valence electrons. The Hall–Kier alpha value is -2.07. The number of rotatable bonds is 5. The van der Waals surface area contributed by atoms with Gasteiger partial charge in [-0.15, -0.1) is 0 Å². The first kappa shape index (κ1) is 21.8. The molecule has 0 radical (unpaired) electrons. The number of Topliss-reactive ketones (excluding diaryl/α,β-unsaturated/α-hetero) is 2. The molecule has 4 nitrogen and oxygen atoms in total. The van der Waals surface area contributed by atoms with Gasteiger partial charge in [0.2, 0.25) is 0 Å². The Bertz CT molecular complexity index is 963. The minimum absolute atomic E-state index is 0.0110. The monoisotopic (exact) mass is 434 g/mol. The Labute approximate surface area is 190 Å². The Morgan fingerprint density at radius 2 is 1.84 bits per heavy atom. The lowest BCUT2D eigenvalue weighted by Gasteiger charge is -2.56. The Morgan fingerprint density at radius 1 is 1.06 bits per heavy atom. The van der Waals surface area contributed by atoms with Gasteiger partial charge in [-0.05, 0) is 66.4 Å². The van der Waals surface area contributed by atoms with Crippen LogP contribution in [0.2, 0.25) is 0 Å². The van der Waals surface area contributed by atoms with Crippen molar-refractivity contribution in [3.63, 3.8) is 0 Å². The minimum Gasteiger partial charge on any atom is -0.369 e. The summed E-state index contributed by atoms with van der Waals surface area (Å²) in [6.45, 7) is 4.97. The van der Waals surface area contributed by atoms with Gasteiger partial charge in [0.05, 0.1) is 6.61 Å². The second-order valence-electron chi connectivity index (χ2n) is 11.1. The summed E-state index contributed by atoms with van der Waals surface area (Å²) in [5, 5.41) is 0. The van der Waals surface area contributed by atoms with Crippen molar-refractivity contribution in [1.29, 1.82) is 0 Å². The second kappa shape index (κ2) is 8.06. The molecule has 5 rings (SSSR count). The predicted octanol–water partition coefficient (Wildman–Crippen LogP) is 5.10. The molecule has 1 aromatic rings. The first-order valence-corrected chi connectivity index (χ1v) is 12.2. The number of benzene rings is 1. The van der Waals surface area contributed by atoms with Crippen LogP contribution in [0.25, 0.3) is 0 Å². The molecule has 0 saturated heterocycles. The van der Waals surface area contributed by atoms with Crippen LogP contribution in [-0.2, 0) is 25.7 Å². The molecule has 3 saturated carbocycles. The molecule has 0 bridgehead atoms. The largest absolute Gasteiger partial charge is 0.369 e. The van der Waals surface area contributed by atoms with E-state index in [4.69, 9.17) is 4.74 Å². The van der Waals surface area contributed by atoms with Crippen LogP contribution >= 0.6 is 0 Å². The highest BCUT2D eigenvalue weighted by molar-refractivity contribution is 5.93. The lowest BCUT2D eigenvalue weighted by molar-refractivity contribution is -0.149. The van der Waals surface area contributed by atoms with Crippen LogP contribution in [0.1, 0.15) is 64.4 Å². The van der Waals surface area contributed by atoms with Gasteiger partial charge < -0.3 is 4.74 Å². The number of hydrogen-bond acceptors (Lipinski definition) is 4. The SMILES string of the molecule is C[C@]12CC(=O)[C@H]3[C@@H](CCC4=CC(=O)CC[C@@]43C)[C@@H]1CC[C@@H]2C(=O)COCc1ccccc1. The van der Waals surface area contributed by atoms with Crippen molar-refractivity contribution in [1.82, 2.24) is 0 Å². The van der Waals surface area contributed by atoms with E-state index in [9.17, 15) is 14.4 Å². The molecule has 4 heteroatoms. The molecule has 6 atom stereocenters. The number of fused-ring (bicyclic) bond motifs is 5. The van der Waals surface area contributed by atoms with Crippen molar-refractivity contribution in [3.05, 3.63) is 47.5 Å². The van der Waals surface area contributed by atoms with E-state index in [-0.39, 0.29) is 40.8 Å². The summed E-state index contributed by atoms with van der Waals surface area (Å²) in [6, 6.07) is 9.92. The molecule has 0 aromatic heterocycles. The van der Waals surface area contributed by atoms with E-state index in [0.29, 0.717) is 37.1 Å². The summed E-state index contributed by atoms with van der Waals surface area (Å²) < 4.78 is 5.78.